The van der Waals surface area contributed by atoms with Crippen LogP contribution in [0.4, 0.5) is 5.69 Å². The lowest BCUT2D eigenvalue weighted by molar-refractivity contribution is -0.140. The van der Waals surface area contributed by atoms with E-state index in [1.807, 2.05) is 70.2 Å². The topological polar surface area (TPSA) is 86.8 Å². The maximum Gasteiger partial charge on any atom is 0.264 e. The molecule has 236 valence electrons. The zero-order valence-corrected chi connectivity index (χ0v) is 27.7. The standard InChI is InChI=1S/C36H40ClN3O4S/c1-5-28(4)38-36(42)34(23-29-14-8-6-9-15-29)39(24-30-16-12-13-19-33(30)37)35(41)25-40(31-21-20-26(2)27(3)22-31)45(43,44)32-17-10-7-11-18-32/h6-22,28,34H,5,23-25H2,1-4H3,(H,38,42). The Morgan fingerprint density at radius 3 is 2.09 bits per heavy atom. The van der Waals surface area contributed by atoms with Crippen LogP contribution in [0.15, 0.2) is 108 Å². The fraction of sp³-hybridized carbons (Fsp3) is 0.278. The number of sulfonamides is 1. The Hall–Kier alpha value is -4.14. The van der Waals surface area contributed by atoms with Gasteiger partial charge in [-0.15, -0.1) is 0 Å². The first-order valence-electron chi connectivity index (χ1n) is 15.0. The molecular formula is C36H40ClN3O4S. The second-order valence-corrected chi connectivity index (χ2v) is 13.5. The Bertz CT molecular complexity index is 1720. The van der Waals surface area contributed by atoms with Gasteiger partial charge in [0.2, 0.25) is 11.8 Å². The van der Waals surface area contributed by atoms with E-state index in [0.29, 0.717) is 22.7 Å². The Labute approximate surface area is 271 Å². The Morgan fingerprint density at radius 2 is 1.47 bits per heavy atom. The van der Waals surface area contributed by atoms with Crippen LogP contribution in [-0.2, 0) is 32.6 Å². The molecule has 7 nitrogen and oxygen atoms in total. The Balaban J connectivity index is 1.83. The second-order valence-electron chi connectivity index (χ2n) is 11.2. The molecule has 0 saturated carbocycles. The maximum atomic E-state index is 14.6. The SMILES string of the molecule is CCC(C)NC(=O)C(Cc1ccccc1)N(Cc1ccccc1Cl)C(=O)CN(c1ccc(C)c(C)c1)S(=O)(=O)c1ccccc1. The van der Waals surface area contributed by atoms with Gasteiger partial charge in [0.05, 0.1) is 10.6 Å². The van der Waals surface area contributed by atoms with Crippen LogP contribution in [0.5, 0.6) is 0 Å². The number of nitrogens with one attached hydrogen (secondary N) is 1. The van der Waals surface area contributed by atoms with E-state index in [1.165, 1.54) is 17.0 Å². The normalized spacial score (nSPS) is 12.6. The van der Waals surface area contributed by atoms with Gasteiger partial charge in [-0.25, -0.2) is 8.42 Å². The van der Waals surface area contributed by atoms with Gasteiger partial charge in [0.25, 0.3) is 10.0 Å². The summed E-state index contributed by atoms with van der Waals surface area (Å²) in [5.74, 6) is -0.856. The molecule has 0 aliphatic heterocycles. The van der Waals surface area contributed by atoms with Crippen LogP contribution in [0.3, 0.4) is 0 Å². The predicted octanol–water partition coefficient (Wildman–Crippen LogP) is 6.71. The van der Waals surface area contributed by atoms with Crippen molar-refractivity contribution in [3.05, 3.63) is 130 Å². The zero-order valence-electron chi connectivity index (χ0n) is 26.1. The number of amides is 2. The number of aryl methyl sites for hydroxylation is 2. The molecule has 0 aromatic heterocycles. The van der Waals surface area contributed by atoms with Crippen LogP contribution in [-0.4, -0.2) is 43.8 Å². The molecule has 2 amide bonds. The number of nitrogens with zero attached hydrogens (tertiary/aromatic N) is 2. The number of hydrogen-bond donors (Lipinski definition) is 1. The molecule has 0 spiro atoms. The highest BCUT2D eigenvalue weighted by Gasteiger charge is 2.35. The van der Waals surface area contributed by atoms with Gasteiger partial charge in [0.1, 0.15) is 12.6 Å². The molecule has 0 radical (unpaired) electrons. The first kappa shape index (κ1) is 33.7. The third-order valence-corrected chi connectivity index (χ3v) is 10.1. The van der Waals surface area contributed by atoms with E-state index in [4.69, 9.17) is 11.6 Å². The number of hydrogen-bond acceptors (Lipinski definition) is 4. The second kappa shape index (κ2) is 15.2. The molecule has 4 aromatic carbocycles. The van der Waals surface area contributed by atoms with Crippen molar-refractivity contribution in [2.75, 3.05) is 10.8 Å². The highest BCUT2D eigenvalue weighted by atomic mass is 35.5. The average molecular weight is 646 g/mol. The van der Waals surface area contributed by atoms with Gasteiger partial charge in [-0.1, -0.05) is 91.3 Å². The van der Waals surface area contributed by atoms with E-state index in [-0.39, 0.29) is 29.8 Å². The van der Waals surface area contributed by atoms with E-state index in [1.54, 1.807) is 48.5 Å². The van der Waals surface area contributed by atoms with E-state index in [0.717, 1.165) is 21.0 Å². The van der Waals surface area contributed by atoms with Crippen LogP contribution < -0.4 is 9.62 Å². The number of halogens is 1. The van der Waals surface area contributed by atoms with Gasteiger partial charge in [-0.05, 0) is 79.8 Å². The van der Waals surface area contributed by atoms with E-state index < -0.39 is 28.5 Å². The van der Waals surface area contributed by atoms with E-state index >= 15 is 0 Å². The summed E-state index contributed by atoms with van der Waals surface area (Å²) in [5.41, 5.74) is 3.74. The highest BCUT2D eigenvalue weighted by Crippen LogP contribution is 2.27. The van der Waals surface area contributed by atoms with Gasteiger partial charge < -0.3 is 10.2 Å². The number of benzene rings is 4. The van der Waals surface area contributed by atoms with Crippen molar-refractivity contribution >= 4 is 39.1 Å². The maximum absolute atomic E-state index is 14.6. The summed E-state index contributed by atoms with van der Waals surface area (Å²) in [4.78, 5) is 30.0. The summed E-state index contributed by atoms with van der Waals surface area (Å²) in [5, 5.41) is 3.49. The minimum atomic E-state index is -4.16. The minimum absolute atomic E-state index is 0.0100. The van der Waals surface area contributed by atoms with Crippen LogP contribution in [0, 0.1) is 13.8 Å². The minimum Gasteiger partial charge on any atom is -0.352 e. The first-order valence-corrected chi connectivity index (χ1v) is 16.8. The lowest BCUT2D eigenvalue weighted by Gasteiger charge is -2.34. The molecule has 4 aromatic rings. The number of anilines is 1. The van der Waals surface area contributed by atoms with Crippen molar-refractivity contribution in [3.63, 3.8) is 0 Å². The molecule has 0 aliphatic rings. The molecule has 0 heterocycles. The summed E-state index contributed by atoms with van der Waals surface area (Å²) >= 11 is 6.57. The van der Waals surface area contributed by atoms with Crippen molar-refractivity contribution < 1.29 is 18.0 Å². The van der Waals surface area contributed by atoms with Gasteiger partial charge >= 0.3 is 0 Å². The smallest absolute Gasteiger partial charge is 0.264 e. The highest BCUT2D eigenvalue weighted by molar-refractivity contribution is 7.92. The summed E-state index contributed by atoms with van der Waals surface area (Å²) in [6.45, 7) is 7.20. The molecule has 9 heteroatoms. The van der Waals surface area contributed by atoms with Crippen LogP contribution in [0.2, 0.25) is 5.02 Å². The Morgan fingerprint density at radius 1 is 0.844 bits per heavy atom. The monoisotopic (exact) mass is 645 g/mol. The molecule has 0 saturated heterocycles. The van der Waals surface area contributed by atoms with Gasteiger partial charge in [0.15, 0.2) is 0 Å². The van der Waals surface area contributed by atoms with Crippen molar-refractivity contribution in [3.8, 4) is 0 Å². The van der Waals surface area contributed by atoms with Crippen molar-refractivity contribution in [2.24, 2.45) is 0 Å². The molecule has 0 bridgehead atoms. The predicted molar refractivity (Wildman–Crippen MR) is 181 cm³/mol. The van der Waals surface area contributed by atoms with Crippen LogP contribution >= 0.6 is 11.6 Å². The summed E-state index contributed by atoms with van der Waals surface area (Å²) in [7, 11) is -4.16. The fourth-order valence-corrected chi connectivity index (χ4v) is 6.56. The summed E-state index contributed by atoms with van der Waals surface area (Å²) in [6, 6.07) is 28.9. The molecule has 1 N–H and O–H groups in total. The molecule has 2 atom stereocenters. The van der Waals surface area contributed by atoms with Crippen molar-refractivity contribution in [2.45, 2.75) is 64.1 Å². The van der Waals surface area contributed by atoms with Gasteiger partial charge in [-0.2, -0.15) is 0 Å². The number of carbonyl (C=O) groups excluding carboxylic acids is 2. The largest absolute Gasteiger partial charge is 0.352 e. The third kappa shape index (κ3) is 8.53. The quantitative estimate of drug-likeness (QED) is 0.175. The lowest BCUT2D eigenvalue weighted by Crippen LogP contribution is -2.54. The number of rotatable bonds is 13. The molecule has 0 aliphatic carbocycles. The third-order valence-electron chi connectivity index (χ3n) is 7.96. The molecule has 2 unspecified atom stereocenters. The number of carbonyl (C=O) groups is 2. The van der Waals surface area contributed by atoms with Gasteiger partial charge in [0, 0.05) is 24.0 Å². The Kier molecular flexibility index (Phi) is 11.4. The average Bonchev–Trinajstić information content (AvgIpc) is 3.04. The first-order chi connectivity index (χ1) is 21.5. The fourth-order valence-electron chi connectivity index (χ4n) is 4.93. The van der Waals surface area contributed by atoms with Gasteiger partial charge in [-0.3, -0.25) is 13.9 Å². The van der Waals surface area contributed by atoms with Crippen LogP contribution in [0.25, 0.3) is 0 Å². The molecule has 45 heavy (non-hydrogen) atoms. The molecule has 0 fully saturated rings. The summed E-state index contributed by atoms with van der Waals surface area (Å²) < 4.78 is 29.4. The summed E-state index contributed by atoms with van der Waals surface area (Å²) in [6.07, 6.45) is 0.937. The zero-order chi connectivity index (χ0) is 32.6. The van der Waals surface area contributed by atoms with E-state index in [9.17, 15) is 18.0 Å². The molecular weight excluding hydrogens is 606 g/mol. The van der Waals surface area contributed by atoms with E-state index in [2.05, 4.69) is 5.32 Å². The van der Waals surface area contributed by atoms with Crippen LogP contribution in [0.1, 0.15) is 42.5 Å². The van der Waals surface area contributed by atoms with Crippen molar-refractivity contribution in [1.82, 2.24) is 10.2 Å². The lowest BCUT2D eigenvalue weighted by atomic mass is 10.0. The molecule has 4 rings (SSSR count). The van der Waals surface area contributed by atoms with Crippen molar-refractivity contribution in [1.29, 1.82) is 0 Å².